The van der Waals surface area contributed by atoms with Crippen molar-refractivity contribution in [1.29, 1.82) is 0 Å². The van der Waals surface area contributed by atoms with E-state index in [0.717, 1.165) is 11.1 Å². The van der Waals surface area contributed by atoms with Crippen LogP contribution >= 0.6 is 27.5 Å². The molecule has 0 amide bonds. The molecule has 0 atom stereocenters. The topological polar surface area (TPSA) is 65.1 Å². The predicted molar refractivity (Wildman–Crippen MR) is 108 cm³/mol. The van der Waals surface area contributed by atoms with E-state index in [1.807, 2.05) is 12.1 Å². The van der Waals surface area contributed by atoms with Crippen LogP contribution in [-0.4, -0.2) is 24.1 Å². The maximum Gasteiger partial charge on any atom is 0.352 e. The highest BCUT2D eigenvalue weighted by Gasteiger charge is 2.18. The van der Waals surface area contributed by atoms with Crippen LogP contribution in [0.1, 0.15) is 17.1 Å². The molecule has 4 aromatic rings. The van der Waals surface area contributed by atoms with Crippen molar-refractivity contribution in [2.24, 2.45) is 0 Å². The molecule has 0 radical (unpaired) electrons. The first-order valence-electron chi connectivity index (χ1n) is 8.39. The van der Waals surface area contributed by atoms with Crippen LogP contribution in [-0.2, 0) is 13.2 Å². The van der Waals surface area contributed by atoms with E-state index < -0.39 is 6.67 Å². The number of fused-ring (bicyclic) bond motifs is 1. The number of hydrogen-bond donors (Lipinski definition) is 0. The highest BCUT2D eigenvalue weighted by atomic mass is 79.9. The molecule has 1 aromatic carbocycles. The van der Waals surface area contributed by atoms with Crippen LogP contribution in [0.15, 0.2) is 51.9 Å². The van der Waals surface area contributed by atoms with Gasteiger partial charge in [0.15, 0.2) is 5.65 Å². The Morgan fingerprint density at radius 2 is 1.93 bits per heavy atom. The Morgan fingerprint density at radius 3 is 2.57 bits per heavy atom. The Bertz CT molecular complexity index is 1220. The lowest BCUT2D eigenvalue weighted by Gasteiger charge is -2.07. The number of halogens is 3. The second-order valence-corrected chi connectivity index (χ2v) is 7.45. The maximum atomic E-state index is 12.8. The fourth-order valence-corrected chi connectivity index (χ4v) is 3.61. The molecule has 0 spiro atoms. The number of pyridine rings is 1. The number of aromatic nitrogens is 5. The fraction of sp³-hybridized carbons (Fsp3) is 0.158. The Balaban J connectivity index is 1.81. The Kier molecular flexibility index (Phi) is 4.99. The molecule has 4 rings (SSSR count). The molecule has 28 heavy (non-hydrogen) atoms. The largest absolute Gasteiger partial charge is 0.352 e. The van der Waals surface area contributed by atoms with Gasteiger partial charge in [-0.3, -0.25) is 4.98 Å². The van der Waals surface area contributed by atoms with E-state index >= 15 is 0 Å². The van der Waals surface area contributed by atoms with Crippen molar-refractivity contribution in [3.63, 3.8) is 0 Å². The average Bonchev–Trinajstić information content (AvgIpc) is 3.03. The van der Waals surface area contributed by atoms with Gasteiger partial charge in [-0.15, -0.1) is 5.10 Å². The van der Waals surface area contributed by atoms with Crippen molar-refractivity contribution in [3.05, 3.63) is 79.7 Å². The second kappa shape index (κ2) is 7.44. The van der Waals surface area contributed by atoms with Crippen LogP contribution in [0.25, 0.3) is 16.9 Å². The number of alkyl halides is 1. The van der Waals surface area contributed by atoms with Crippen LogP contribution in [0.5, 0.6) is 0 Å². The molecule has 0 aliphatic carbocycles. The first kappa shape index (κ1) is 18.8. The van der Waals surface area contributed by atoms with Gasteiger partial charge in [0.25, 0.3) is 0 Å². The van der Waals surface area contributed by atoms with Gasteiger partial charge >= 0.3 is 5.69 Å². The summed E-state index contributed by atoms with van der Waals surface area (Å²) in [5.74, 6) is 0.519. The number of benzene rings is 1. The van der Waals surface area contributed by atoms with E-state index in [1.165, 1.54) is 9.08 Å². The number of nitrogens with zero attached hydrogens (tertiary/aromatic N) is 5. The Morgan fingerprint density at radius 1 is 1.18 bits per heavy atom. The second-order valence-electron chi connectivity index (χ2n) is 6.22. The minimum atomic E-state index is -0.625. The molecule has 142 valence electrons. The van der Waals surface area contributed by atoms with Gasteiger partial charge in [0, 0.05) is 16.8 Å². The average molecular weight is 463 g/mol. The maximum absolute atomic E-state index is 12.8. The van der Waals surface area contributed by atoms with Gasteiger partial charge in [0.2, 0.25) is 0 Å². The molecule has 0 bridgehead atoms. The van der Waals surface area contributed by atoms with Gasteiger partial charge in [0.1, 0.15) is 12.5 Å². The molecule has 0 saturated heterocycles. The molecular weight excluding hydrogens is 449 g/mol. The Labute approximate surface area is 172 Å². The summed E-state index contributed by atoms with van der Waals surface area (Å²) in [5.41, 5.74) is 2.79. The third-order valence-corrected chi connectivity index (χ3v) is 5.30. The molecule has 9 heteroatoms. The van der Waals surface area contributed by atoms with Gasteiger partial charge in [-0.2, -0.15) is 0 Å². The molecular formula is C19H14BrClFN5O. The molecule has 0 N–H and O–H groups in total. The number of rotatable bonds is 4. The van der Waals surface area contributed by atoms with Gasteiger partial charge in [-0.1, -0.05) is 29.8 Å². The number of aryl methyl sites for hydroxylation is 1. The summed E-state index contributed by atoms with van der Waals surface area (Å²) >= 11 is 9.50. The van der Waals surface area contributed by atoms with Crippen molar-refractivity contribution in [1.82, 2.24) is 24.1 Å². The van der Waals surface area contributed by atoms with Crippen LogP contribution in [0, 0.1) is 6.92 Å². The smallest absolute Gasteiger partial charge is 0.258 e. The zero-order valence-electron chi connectivity index (χ0n) is 14.7. The van der Waals surface area contributed by atoms with Crippen molar-refractivity contribution in [3.8, 4) is 11.3 Å². The van der Waals surface area contributed by atoms with Crippen LogP contribution < -0.4 is 5.69 Å². The first-order valence-corrected chi connectivity index (χ1v) is 9.56. The van der Waals surface area contributed by atoms with E-state index in [1.54, 1.807) is 37.4 Å². The highest BCUT2D eigenvalue weighted by molar-refractivity contribution is 9.10. The minimum Gasteiger partial charge on any atom is -0.258 e. The monoisotopic (exact) mass is 461 g/mol. The Hall–Kier alpha value is -2.58. The van der Waals surface area contributed by atoms with E-state index in [9.17, 15) is 9.18 Å². The lowest BCUT2D eigenvalue weighted by Crippen LogP contribution is -2.23. The molecule has 0 saturated carbocycles. The predicted octanol–water partition coefficient (Wildman–Crippen LogP) is 4.20. The summed E-state index contributed by atoms with van der Waals surface area (Å²) in [7, 11) is 0. The van der Waals surface area contributed by atoms with Gasteiger partial charge in [-0.25, -0.2) is 23.3 Å². The van der Waals surface area contributed by atoms with Crippen molar-refractivity contribution in [2.75, 3.05) is 0 Å². The summed E-state index contributed by atoms with van der Waals surface area (Å²) in [6, 6.07) is 10.6. The van der Waals surface area contributed by atoms with Crippen molar-refractivity contribution >= 4 is 33.2 Å². The molecule has 3 heterocycles. The standard InChI is InChI=1S/C19H14BrClFN5O/c1-11-24-17(13-3-5-14(21)6-4-13)16(20)18-25-26(19(28)27(11)18)10-12-2-7-15(8-22)23-9-12/h2-7,9H,8,10H2,1H3. The summed E-state index contributed by atoms with van der Waals surface area (Å²) in [5, 5.41) is 5.10. The molecule has 3 aromatic heterocycles. The minimum absolute atomic E-state index is 0.224. The number of hydrogen-bond acceptors (Lipinski definition) is 4. The summed E-state index contributed by atoms with van der Waals surface area (Å²) in [6.45, 7) is 1.35. The van der Waals surface area contributed by atoms with Gasteiger partial charge < -0.3 is 0 Å². The van der Waals surface area contributed by atoms with E-state index in [2.05, 4.69) is 31.0 Å². The zero-order chi connectivity index (χ0) is 19.8. The molecule has 0 unspecified atom stereocenters. The van der Waals surface area contributed by atoms with E-state index in [0.29, 0.717) is 32.4 Å². The molecule has 6 nitrogen and oxygen atoms in total. The summed E-state index contributed by atoms with van der Waals surface area (Å²) < 4.78 is 16.0. The first-order chi connectivity index (χ1) is 13.5. The lowest BCUT2D eigenvalue weighted by molar-refractivity contribution is 0.475. The molecule has 0 fully saturated rings. The fourth-order valence-electron chi connectivity index (χ4n) is 2.91. The molecule has 0 aliphatic rings. The van der Waals surface area contributed by atoms with Crippen LogP contribution in [0.3, 0.4) is 0 Å². The lowest BCUT2D eigenvalue weighted by atomic mass is 10.1. The highest BCUT2D eigenvalue weighted by Crippen LogP contribution is 2.30. The SMILES string of the molecule is Cc1nc(-c2ccc(Cl)cc2)c(Br)c2nn(Cc3ccc(CF)nc3)c(=O)n12. The zero-order valence-corrected chi connectivity index (χ0v) is 17.1. The third kappa shape index (κ3) is 3.33. The van der Waals surface area contributed by atoms with Crippen molar-refractivity contribution in [2.45, 2.75) is 20.1 Å². The van der Waals surface area contributed by atoms with E-state index in [4.69, 9.17) is 11.6 Å². The summed E-state index contributed by atoms with van der Waals surface area (Å²) in [6.07, 6.45) is 1.55. The van der Waals surface area contributed by atoms with E-state index in [-0.39, 0.29) is 12.2 Å². The molecule has 0 aliphatic heterocycles. The normalized spacial score (nSPS) is 11.3. The van der Waals surface area contributed by atoms with Crippen molar-refractivity contribution < 1.29 is 4.39 Å². The quantitative estimate of drug-likeness (QED) is 0.456. The van der Waals surface area contributed by atoms with Gasteiger partial charge in [0.05, 0.1) is 22.4 Å². The summed E-state index contributed by atoms with van der Waals surface area (Å²) in [4.78, 5) is 21.4. The van der Waals surface area contributed by atoms with Gasteiger partial charge in [-0.05, 0) is 46.6 Å². The third-order valence-electron chi connectivity index (χ3n) is 4.31. The van der Waals surface area contributed by atoms with Crippen LogP contribution in [0.2, 0.25) is 5.02 Å². The van der Waals surface area contributed by atoms with Crippen LogP contribution in [0.4, 0.5) is 4.39 Å².